The molecule has 2 aromatic rings. The number of hydrogen-bond donors (Lipinski definition) is 2. The van der Waals surface area contributed by atoms with E-state index in [9.17, 15) is 32.9 Å². The summed E-state index contributed by atoms with van der Waals surface area (Å²) in [6.07, 6.45) is -5.67. The number of carbonyl (C=O) groups is 2. The molecule has 0 aliphatic carbocycles. The highest BCUT2D eigenvalue weighted by Gasteiger charge is 2.34. The second kappa shape index (κ2) is 9.12. The molecule has 0 bridgehead atoms. The van der Waals surface area contributed by atoms with Crippen LogP contribution >= 0.6 is 0 Å². The number of rotatable bonds is 6. The van der Waals surface area contributed by atoms with Crippen molar-refractivity contribution in [3.63, 3.8) is 0 Å². The molecule has 32 heavy (non-hydrogen) atoms. The largest absolute Gasteiger partial charge is 0.477 e. The van der Waals surface area contributed by atoms with Crippen molar-refractivity contribution in [3.05, 3.63) is 58.1 Å². The number of nitrogens with zero attached hydrogens (tertiary/aromatic N) is 2. The highest BCUT2D eigenvalue weighted by atomic mass is 19.4. The number of amides is 2. The highest BCUT2D eigenvalue weighted by Crippen LogP contribution is 2.35. The van der Waals surface area contributed by atoms with Crippen LogP contribution in [0.15, 0.2) is 42.5 Å². The van der Waals surface area contributed by atoms with E-state index in [-0.39, 0.29) is 31.2 Å². The van der Waals surface area contributed by atoms with Crippen molar-refractivity contribution >= 4 is 28.9 Å². The minimum atomic E-state index is -4.70. The van der Waals surface area contributed by atoms with Gasteiger partial charge >= 0.3 is 6.18 Å². The Kier molecular flexibility index (Phi) is 6.51. The Balaban J connectivity index is 1.59. The van der Waals surface area contributed by atoms with Gasteiger partial charge in [-0.05, 0) is 24.3 Å². The molecule has 0 spiro atoms. The van der Waals surface area contributed by atoms with Crippen molar-refractivity contribution in [2.45, 2.75) is 19.2 Å². The Morgan fingerprint density at radius 1 is 1.22 bits per heavy atom. The Morgan fingerprint density at radius 3 is 2.59 bits per heavy atom. The summed E-state index contributed by atoms with van der Waals surface area (Å²) in [5.41, 5.74) is -1.41. The van der Waals surface area contributed by atoms with Gasteiger partial charge in [0, 0.05) is 26.1 Å². The van der Waals surface area contributed by atoms with Gasteiger partial charge in [0.1, 0.15) is 11.4 Å². The number of hydrogen-bond acceptors (Lipinski definition) is 6. The number of ether oxygens (including phenoxy) is 1. The van der Waals surface area contributed by atoms with Crippen LogP contribution < -0.4 is 20.3 Å². The number of benzene rings is 2. The standard InChI is InChI=1S/C20H19F3N4O5/c1-12(28)26-11-18(32-17-5-3-2-4-15(17)26)19(29)25-9-8-24-14-7-6-13(20(21,22)23)10-16(14)27(30)31/h2-7,10,18,24H,8-9,11H2,1H3,(H,25,29)/t18-/m0/s1. The molecule has 1 heterocycles. The van der Waals surface area contributed by atoms with Crippen LogP contribution in [0.4, 0.5) is 30.2 Å². The number of nitrogens with one attached hydrogen (secondary N) is 2. The molecule has 1 atom stereocenters. The molecule has 2 aromatic carbocycles. The predicted octanol–water partition coefficient (Wildman–Crippen LogP) is 2.96. The molecule has 12 heteroatoms. The molecule has 1 aliphatic rings. The third kappa shape index (κ3) is 5.07. The van der Waals surface area contributed by atoms with Gasteiger partial charge in [0.05, 0.1) is 22.7 Å². The maximum absolute atomic E-state index is 12.8. The van der Waals surface area contributed by atoms with Crippen LogP contribution in [0.1, 0.15) is 12.5 Å². The lowest BCUT2D eigenvalue weighted by Gasteiger charge is -2.33. The number of nitro benzene ring substituents is 1. The molecule has 0 radical (unpaired) electrons. The summed E-state index contributed by atoms with van der Waals surface area (Å²) in [6, 6.07) is 8.93. The molecular weight excluding hydrogens is 433 g/mol. The lowest BCUT2D eigenvalue weighted by atomic mass is 10.1. The average Bonchev–Trinajstić information content (AvgIpc) is 2.74. The minimum absolute atomic E-state index is 0.00991. The molecule has 1 aliphatic heterocycles. The van der Waals surface area contributed by atoms with Crippen LogP contribution in [0.5, 0.6) is 5.75 Å². The number of halogens is 3. The van der Waals surface area contributed by atoms with Gasteiger partial charge in [-0.2, -0.15) is 13.2 Å². The lowest BCUT2D eigenvalue weighted by molar-refractivity contribution is -0.384. The van der Waals surface area contributed by atoms with Crippen LogP contribution in [0, 0.1) is 10.1 Å². The van der Waals surface area contributed by atoms with E-state index in [0.29, 0.717) is 17.5 Å². The van der Waals surface area contributed by atoms with E-state index >= 15 is 0 Å². The fraction of sp³-hybridized carbons (Fsp3) is 0.300. The molecule has 9 nitrogen and oxygen atoms in total. The second-order valence-corrected chi connectivity index (χ2v) is 6.91. The maximum atomic E-state index is 12.8. The summed E-state index contributed by atoms with van der Waals surface area (Å²) in [6.45, 7) is 1.41. The monoisotopic (exact) mass is 452 g/mol. The van der Waals surface area contributed by atoms with Gasteiger partial charge in [0.2, 0.25) is 5.91 Å². The third-order valence-corrected chi connectivity index (χ3v) is 4.71. The molecule has 0 fully saturated rings. The van der Waals surface area contributed by atoms with E-state index in [1.54, 1.807) is 24.3 Å². The van der Waals surface area contributed by atoms with E-state index in [1.165, 1.54) is 11.8 Å². The molecule has 2 amide bonds. The van der Waals surface area contributed by atoms with Crippen LogP contribution in [0.2, 0.25) is 0 Å². The molecule has 2 N–H and O–H groups in total. The number of nitro groups is 1. The van der Waals surface area contributed by atoms with Gasteiger partial charge in [0.25, 0.3) is 11.6 Å². The summed E-state index contributed by atoms with van der Waals surface area (Å²) in [7, 11) is 0. The number of fused-ring (bicyclic) bond motifs is 1. The Morgan fingerprint density at radius 2 is 1.94 bits per heavy atom. The van der Waals surface area contributed by atoms with Gasteiger partial charge in [0.15, 0.2) is 6.10 Å². The van der Waals surface area contributed by atoms with Crippen LogP contribution in [-0.2, 0) is 15.8 Å². The van der Waals surface area contributed by atoms with Crippen LogP contribution in [-0.4, -0.2) is 42.5 Å². The Bertz CT molecular complexity index is 1040. The van der Waals surface area contributed by atoms with E-state index in [4.69, 9.17) is 4.74 Å². The number of alkyl halides is 3. The molecule has 3 rings (SSSR count). The zero-order valence-electron chi connectivity index (χ0n) is 16.8. The fourth-order valence-electron chi connectivity index (χ4n) is 3.17. The second-order valence-electron chi connectivity index (χ2n) is 6.91. The first-order chi connectivity index (χ1) is 15.1. The van der Waals surface area contributed by atoms with Crippen LogP contribution in [0.25, 0.3) is 0 Å². The molecule has 0 saturated carbocycles. The smallest absolute Gasteiger partial charge is 0.416 e. The minimum Gasteiger partial charge on any atom is -0.477 e. The first-order valence-electron chi connectivity index (χ1n) is 9.49. The normalized spacial score (nSPS) is 15.4. The van der Waals surface area contributed by atoms with E-state index < -0.39 is 34.4 Å². The first-order valence-corrected chi connectivity index (χ1v) is 9.49. The number of anilines is 2. The predicted molar refractivity (Wildman–Crippen MR) is 108 cm³/mol. The fourth-order valence-corrected chi connectivity index (χ4v) is 3.17. The van der Waals surface area contributed by atoms with Gasteiger partial charge < -0.3 is 20.3 Å². The van der Waals surface area contributed by atoms with Crippen molar-refractivity contribution in [2.24, 2.45) is 0 Å². The summed E-state index contributed by atoms with van der Waals surface area (Å²) in [5, 5.41) is 16.3. The van der Waals surface area contributed by atoms with Crippen molar-refractivity contribution in [1.82, 2.24) is 5.32 Å². The highest BCUT2D eigenvalue weighted by molar-refractivity contribution is 5.95. The molecule has 0 saturated heterocycles. The summed E-state index contributed by atoms with van der Waals surface area (Å²) >= 11 is 0. The van der Waals surface area contributed by atoms with Crippen LogP contribution in [0.3, 0.4) is 0 Å². The van der Waals surface area contributed by atoms with E-state index in [2.05, 4.69) is 10.6 Å². The molecule has 0 unspecified atom stereocenters. The number of carbonyl (C=O) groups excluding carboxylic acids is 2. The van der Waals surface area contributed by atoms with Crippen molar-refractivity contribution < 1.29 is 32.4 Å². The number of para-hydroxylation sites is 2. The third-order valence-electron chi connectivity index (χ3n) is 4.71. The zero-order chi connectivity index (χ0) is 23.5. The Hall–Kier alpha value is -3.83. The lowest BCUT2D eigenvalue weighted by Crippen LogP contribution is -2.50. The summed E-state index contributed by atoms with van der Waals surface area (Å²) in [5.74, 6) is -0.378. The topological polar surface area (TPSA) is 114 Å². The summed E-state index contributed by atoms with van der Waals surface area (Å²) < 4.78 is 44.0. The van der Waals surface area contributed by atoms with Crippen molar-refractivity contribution in [1.29, 1.82) is 0 Å². The zero-order valence-corrected chi connectivity index (χ0v) is 16.8. The molecule has 0 aromatic heterocycles. The first kappa shape index (κ1) is 22.8. The SMILES string of the molecule is CC(=O)N1C[C@@H](C(=O)NCCNc2ccc(C(F)(F)F)cc2[N+](=O)[O-])Oc2ccccc21. The quantitative estimate of drug-likeness (QED) is 0.396. The average molecular weight is 452 g/mol. The molecule has 170 valence electrons. The van der Waals surface area contributed by atoms with Crippen molar-refractivity contribution in [3.8, 4) is 5.75 Å². The maximum Gasteiger partial charge on any atom is 0.416 e. The van der Waals surface area contributed by atoms with Crippen molar-refractivity contribution in [2.75, 3.05) is 29.9 Å². The van der Waals surface area contributed by atoms with E-state index in [1.807, 2.05) is 0 Å². The van der Waals surface area contributed by atoms with Gasteiger partial charge in [-0.25, -0.2) is 0 Å². The summed E-state index contributed by atoms with van der Waals surface area (Å²) in [4.78, 5) is 36.0. The van der Waals surface area contributed by atoms with E-state index in [0.717, 1.165) is 12.1 Å². The van der Waals surface area contributed by atoms with Gasteiger partial charge in [-0.15, -0.1) is 0 Å². The van der Waals surface area contributed by atoms with Gasteiger partial charge in [-0.3, -0.25) is 19.7 Å². The van der Waals surface area contributed by atoms with Gasteiger partial charge in [-0.1, -0.05) is 12.1 Å². The molecular formula is C20H19F3N4O5. The Labute approximate surface area is 180 Å².